The molecule has 1 aromatic carbocycles. The monoisotopic (exact) mass is 479 g/mol. The molecule has 1 atom stereocenters. The molecule has 8 nitrogen and oxygen atoms in total. The molecular weight excluding hydrogens is 454 g/mol. The average Bonchev–Trinajstić information content (AvgIpc) is 3.37. The van der Waals surface area contributed by atoms with Crippen molar-refractivity contribution in [2.24, 2.45) is 0 Å². The quantitative estimate of drug-likeness (QED) is 0.379. The lowest BCUT2D eigenvalue weighted by Gasteiger charge is -2.27. The molecule has 1 aliphatic rings. The van der Waals surface area contributed by atoms with Gasteiger partial charge in [-0.3, -0.25) is 4.79 Å². The number of amides is 1. The van der Waals surface area contributed by atoms with Gasteiger partial charge in [-0.05, 0) is 50.2 Å². The molecule has 1 aliphatic heterocycles. The van der Waals surface area contributed by atoms with Crippen molar-refractivity contribution in [1.82, 2.24) is 5.32 Å². The van der Waals surface area contributed by atoms with E-state index in [1.165, 1.54) is 24.1 Å². The highest BCUT2D eigenvalue weighted by Crippen LogP contribution is 2.41. The summed E-state index contributed by atoms with van der Waals surface area (Å²) in [7, 11) is 0. The number of thioether (sulfide) groups is 1. The number of furan rings is 1. The Labute approximate surface area is 202 Å². The Kier molecular flexibility index (Phi) is 8.60. The number of nitrogens with one attached hydrogen (secondary N) is 2. The molecule has 2 aromatic rings. The van der Waals surface area contributed by atoms with Gasteiger partial charge >= 0.3 is 5.97 Å². The van der Waals surface area contributed by atoms with E-state index in [9.17, 15) is 14.9 Å². The van der Waals surface area contributed by atoms with Gasteiger partial charge in [-0.1, -0.05) is 24.4 Å². The number of esters is 1. The Hall–Kier alpha value is -3.90. The summed E-state index contributed by atoms with van der Waals surface area (Å²) < 4.78 is 16.2. The second-order valence-electron chi connectivity index (χ2n) is 7.15. The summed E-state index contributed by atoms with van der Waals surface area (Å²) in [6.07, 6.45) is 2.95. The smallest absolute Gasteiger partial charge is 0.337 e. The summed E-state index contributed by atoms with van der Waals surface area (Å²) in [6, 6.07) is 12.6. The molecule has 0 bridgehead atoms. The van der Waals surface area contributed by atoms with Gasteiger partial charge in [0.1, 0.15) is 18.1 Å². The molecule has 2 heterocycles. The van der Waals surface area contributed by atoms with E-state index < -0.39 is 11.9 Å². The van der Waals surface area contributed by atoms with Crippen LogP contribution in [0.4, 0.5) is 5.69 Å². The molecule has 0 unspecified atom stereocenters. The number of dihydropyridines is 1. The lowest BCUT2D eigenvalue weighted by Crippen LogP contribution is -2.29. The van der Waals surface area contributed by atoms with Crippen LogP contribution < -0.4 is 15.4 Å². The van der Waals surface area contributed by atoms with Crippen molar-refractivity contribution in [2.45, 2.75) is 19.8 Å². The number of nitriles is 1. The van der Waals surface area contributed by atoms with Crippen LogP contribution in [0.25, 0.3) is 0 Å². The van der Waals surface area contributed by atoms with Gasteiger partial charge in [-0.25, -0.2) is 4.79 Å². The molecule has 0 aliphatic carbocycles. The normalized spacial score (nSPS) is 15.3. The van der Waals surface area contributed by atoms with E-state index in [0.717, 1.165) is 5.75 Å². The number of hydrogen-bond donors (Lipinski definition) is 2. The maximum atomic E-state index is 12.8. The van der Waals surface area contributed by atoms with Gasteiger partial charge < -0.3 is 24.5 Å². The summed E-state index contributed by atoms with van der Waals surface area (Å²) in [5.41, 5.74) is 1.70. The van der Waals surface area contributed by atoms with Crippen molar-refractivity contribution in [3.63, 3.8) is 0 Å². The molecule has 0 spiro atoms. The van der Waals surface area contributed by atoms with Gasteiger partial charge in [0.2, 0.25) is 5.91 Å². The third-order valence-corrected chi connectivity index (χ3v) is 5.84. The first-order chi connectivity index (χ1) is 16.5. The third-order valence-electron chi connectivity index (χ3n) is 4.82. The molecule has 0 fully saturated rings. The largest absolute Gasteiger partial charge is 0.494 e. The molecule has 34 heavy (non-hydrogen) atoms. The maximum Gasteiger partial charge on any atom is 0.337 e. The fourth-order valence-electron chi connectivity index (χ4n) is 3.39. The summed E-state index contributed by atoms with van der Waals surface area (Å²) in [6.45, 7) is 7.78. The SMILES string of the molecule is C=CCOC(=O)C1=C(C)NC(SCC(=O)Nc2ccc(OCC)cc2)=C(C#N)[C@H]1c1ccco1. The van der Waals surface area contributed by atoms with E-state index in [1.54, 1.807) is 43.3 Å². The predicted molar refractivity (Wildman–Crippen MR) is 130 cm³/mol. The molecule has 9 heteroatoms. The highest BCUT2D eigenvalue weighted by molar-refractivity contribution is 8.03. The number of ether oxygens (including phenoxy) is 2. The van der Waals surface area contributed by atoms with Gasteiger partial charge in [-0.15, -0.1) is 0 Å². The summed E-state index contributed by atoms with van der Waals surface area (Å²) >= 11 is 1.17. The zero-order valence-corrected chi connectivity index (χ0v) is 19.7. The molecule has 1 amide bonds. The minimum Gasteiger partial charge on any atom is -0.494 e. The zero-order chi connectivity index (χ0) is 24.5. The summed E-state index contributed by atoms with van der Waals surface area (Å²) in [4.78, 5) is 25.3. The fraction of sp³-hybridized carbons (Fsp3) is 0.240. The number of allylic oxidation sites excluding steroid dienone is 2. The Bertz CT molecular complexity index is 1140. The molecule has 0 saturated carbocycles. The number of benzene rings is 1. The van der Waals surface area contributed by atoms with Crippen molar-refractivity contribution in [1.29, 1.82) is 5.26 Å². The third kappa shape index (κ3) is 5.91. The number of rotatable bonds is 10. The number of hydrogen-bond acceptors (Lipinski definition) is 8. The molecular formula is C25H25N3O5S. The van der Waals surface area contributed by atoms with Crippen LogP contribution in [0.1, 0.15) is 25.5 Å². The molecule has 0 radical (unpaired) electrons. The first kappa shape index (κ1) is 24.7. The first-order valence-electron chi connectivity index (χ1n) is 10.6. The molecule has 3 rings (SSSR count). The van der Waals surface area contributed by atoms with Crippen LogP contribution in [0, 0.1) is 11.3 Å². The second-order valence-corrected chi connectivity index (χ2v) is 8.13. The van der Waals surface area contributed by atoms with Gasteiger partial charge in [0.15, 0.2) is 0 Å². The molecule has 2 N–H and O–H groups in total. The number of anilines is 1. The number of carbonyl (C=O) groups excluding carboxylic acids is 2. The number of nitrogens with zero attached hydrogens (tertiary/aromatic N) is 1. The minimum atomic E-state index is -0.754. The Balaban J connectivity index is 1.78. The fourth-order valence-corrected chi connectivity index (χ4v) is 4.28. The van der Waals surface area contributed by atoms with E-state index in [0.29, 0.717) is 28.8 Å². The molecule has 176 valence electrons. The van der Waals surface area contributed by atoms with Crippen molar-refractivity contribution in [3.05, 3.63) is 82.9 Å². The van der Waals surface area contributed by atoms with Gasteiger partial charge in [0.05, 0.1) is 46.8 Å². The van der Waals surface area contributed by atoms with Crippen molar-refractivity contribution in [3.8, 4) is 11.8 Å². The van der Waals surface area contributed by atoms with Crippen molar-refractivity contribution in [2.75, 3.05) is 24.3 Å². The van der Waals surface area contributed by atoms with Crippen LogP contribution >= 0.6 is 11.8 Å². The van der Waals surface area contributed by atoms with Crippen LogP contribution in [0.15, 0.2) is 81.6 Å². The average molecular weight is 480 g/mol. The molecule has 1 aromatic heterocycles. The van der Waals surface area contributed by atoms with Crippen molar-refractivity contribution >= 4 is 29.3 Å². The predicted octanol–water partition coefficient (Wildman–Crippen LogP) is 4.48. The number of carbonyl (C=O) groups is 2. The van der Waals surface area contributed by atoms with E-state index >= 15 is 0 Å². The first-order valence-corrected chi connectivity index (χ1v) is 11.6. The summed E-state index contributed by atoms with van der Waals surface area (Å²) in [5, 5.41) is 16.3. The van der Waals surface area contributed by atoms with Crippen LogP contribution in [0.3, 0.4) is 0 Å². The lowest BCUT2D eigenvalue weighted by atomic mass is 9.86. The molecule has 0 saturated heterocycles. The highest BCUT2D eigenvalue weighted by atomic mass is 32.2. The zero-order valence-electron chi connectivity index (χ0n) is 18.9. The summed E-state index contributed by atoms with van der Waals surface area (Å²) in [5.74, 6) is -0.367. The Morgan fingerprint density at radius 3 is 2.71 bits per heavy atom. The Morgan fingerprint density at radius 1 is 1.32 bits per heavy atom. The maximum absolute atomic E-state index is 12.8. The minimum absolute atomic E-state index is 0.0411. The topological polar surface area (TPSA) is 114 Å². The standard InChI is InChI=1S/C25H25N3O5S/c1-4-12-33-25(30)22-16(3)27-24(19(14-26)23(22)20-7-6-13-32-20)34-15-21(29)28-17-8-10-18(11-9-17)31-5-2/h4,6-11,13,23,27H,1,5,12,15H2,2-3H3,(H,28,29)/t23-/m0/s1. The van der Waals surface area contributed by atoms with Crippen LogP contribution in [0.2, 0.25) is 0 Å². The van der Waals surface area contributed by atoms with E-state index in [2.05, 4.69) is 23.3 Å². The van der Waals surface area contributed by atoms with E-state index in [4.69, 9.17) is 13.9 Å². The van der Waals surface area contributed by atoms with Crippen LogP contribution in [-0.2, 0) is 14.3 Å². The lowest BCUT2D eigenvalue weighted by molar-refractivity contribution is -0.138. The van der Waals surface area contributed by atoms with Crippen LogP contribution in [-0.4, -0.2) is 30.8 Å². The second kappa shape index (κ2) is 11.8. The van der Waals surface area contributed by atoms with Gasteiger partial charge in [-0.2, -0.15) is 5.26 Å². The van der Waals surface area contributed by atoms with Gasteiger partial charge in [0.25, 0.3) is 0 Å². The highest BCUT2D eigenvalue weighted by Gasteiger charge is 2.37. The van der Waals surface area contributed by atoms with Gasteiger partial charge in [0, 0.05) is 11.4 Å². The van der Waals surface area contributed by atoms with E-state index in [1.807, 2.05) is 6.92 Å². The Morgan fingerprint density at radius 2 is 2.09 bits per heavy atom. The van der Waals surface area contributed by atoms with Crippen molar-refractivity contribution < 1.29 is 23.5 Å². The van der Waals surface area contributed by atoms with Crippen LogP contribution in [0.5, 0.6) is 5.75 Å². The van der Waals surface area contributed by atoms with E-state index in [-0.39, 0.29) is 29.4 Å².